The number of benzene rings is 4. The first-order valence-corrected chi connectivity index (χ1v) is 14.4. The maximum absolute atomic E-state index is 6.19. The van der Waals surface area contributed by atoms with E-state index in [2.05, 4.69) is 64.1 Å². The normalized spacial score (nSPS) is 11.6. The molecule has 9 rings (SSSR count). The number of rotatable bonds is 5. The van der Waals surface area contributed by atoms with Gasteiger partial charge in [-0.1, -0.05) is 30.3 Å². The average Bonchev–Trinajstić information content (AvgIpc) is 3.90. The van der Waals surface area contributed by atoms with Crippen molar-refractivity contribution < 1.29 is 13.3 Å². The van der Waals surface area contributed by atoms with Crippen LogP contribution in [0, 0.1) is 0 Å². The monoisotopic (exact) mass is 569 g/mol. The van der Waals surface area contributed by atoms with Gasteiger partial charge < -0.3 is 17.8 Å². The van der Waals surface area contributed by atoms with Crippen molar-refractivity contribution in [1.29, 1.82) is 0 Å². The Kier molecular flexibility index (Phi) is 5.40. The van der Waals surface area contributed by atoms with Crippen molar-refractivity contribution in [3.8, 4) is 51.0 Å². The molecule has 0 amide bonds. The van der Waals surface area contributed by atoms with Crippen LogP contribution in [0.4, 0.5) is 0 Å². The molecule has 0 saturated heterocycles. The molecule has 6 nitrogen and oxygen atoms in total. The van der Waals surface area contributed by atoms with Crippen LogP contribution in [-0.4, -0.2) is 14.5 Å². The second-order valence-electron chi connectivity index (χ2n) is 10.7. The molecular formula is C38H23N3O3. The van der Waals surface area contributed by atoms with Crippen molar-refractivity contribution in [2.75, 3.05) is 0 Å². The minimum atomic E-state index is 0.578. The lowest BCUT2D eigenvalue weighted by atomic mass is 10.0. The van der Waals surface area contributed by atoms with Crippen LogP contribution >= 0.6 is 0 Å². The maximum Gasteiger partial charge on any atom is 0.227 e. The third-order valence-electron chi connectivity index (χ3n) is 8.10. The molecule has 208 valence electrons. The largest absolute Gasteiger partial charge is 0.464 e. The van der Waals surface area contributed by atoms with Crippen LogP contribution in [0.25, 0.3) is 84.0 Å². The molecular weight excluding hydrogens is 546 g/mol. The Morgan fingerprint density at radius 2 is 1.39 bits per heavy atom. The smallest absolute Gasteiger partial charge is 0.227 e. The van der Waals surface area contributed by atoms with E-state index in [1.54, 1.807) is 12.5 Å². The number of nitrogens with zero attached hydrogens (tertiary/aromatic N) is 3. The Balaban J connectivity index is 1.36. The molecule has 6 heteroatoms. The number of hydrogen-bond acceptors (Lipinski definition) is 5. The van der Waals surface area contributed by atoms with Gasteiger partial charge in [-0.25, -0.2) is 4.98 Å². The number of furan rings is 2. The van der Waals surface area contributed by atoms with Gasteiger partial charge in [-0.15, -0.1) is 0 Å². The number of pyridine rings is 1. The summed E-state index contributed by atoms with van der Waals surface area (Å²) in [5, 5.41) is 2.20. The molecule has 9 aromatic rings. The summed E-state index contributed by atoms with van der Waals surface area (Å²) in [4.78, 5) is 9.43. The number of fused-ring (bicyclic) bond motifs is 4. The number of oxazole rings is 1. The molecule has 0 radical (unpaired) electrons. The van der Waals surface area contributed by atoms with E-state index in [1.807, 2.05) is 72.9 Å². The molecule has 0 spiro atoms. The fourth-order valence-electron chi connectivity index (χ4n) is 6.05. The number of hydrogen-bond donors (Lipinski definition) is 0. The number of para-hydroxylation sites is 2. The lowest BCUT2D eigenvalue weighted by Crippen LogP contribution is -1.98. The van der Waals surface area contributed by atoms with E-state index >= 15 is 0 Å². The van der Waals surface area contributed by atoms with Crippen molar-refractivity contribution in [3.63, 3.8) is 0 Å². The fourth-order valence-corrected chi connectivity index (χ4v) is 6.05. The molecule has 0 N–H and O–H groups in total. The van der Waals surface area contributed by atoms with Crippen LogP contribution in [0.3, 0.4) is 0 Å². The quantitative estimate of drug-likeness (QED) is 0.206. The molecule has 0 fully saturated rings. The Morgan fingerprint density at radius 1 is 0.568 bits per heavy atom. The van der Waals surface area contributed by atoms with Crippen molar-refractivity contribution in [1.82, 2.24) is 14.5 Å². The van der Waals surface area contributed by atoms with Gasteiger partial charge in [-0.05, 0) is 91.0 Å². The van der Waals surface area contributed by atoms with Gasteiger partial charge >= 0.3 is 0 Å². The first-order valence-electron chi connectivity index (χ1n) is 14.4. The molecule has 4 aromatic carbocycles. The summed E-state index contributed by atoms with van der Waals surface area (Å²) in [7, 11) is 0. The Morgan fingerprint density at radius 3 is 2.20 bits per heavy atom. The standard InChI is InChI=1S/C38H23N3O3/c1-2-9-37-31(8-1)40-38(44-37)26-13-15-27-29-21-25(35-10-5-19-42-35)14-17-32(29)41(33(27)23-26)34-22-24(30-7-3-4-18-39-30)12-16-28(34)36-11-6-20-43-36/h1-23H. The molecule has 0 atom stereocenters. The molecule has 0 aliphatic rings. The lowest BCUT2D eigenvalue weighted by Gasteiger charge is -2.15. The van der Waals surface area contributed by atoms with Crippen LogP contribution in [0.2, 0.25) is 0 Å². The summed E-state index contributed by atoms with van der Waals surface area (Å²) in [5.74, 6) is 2.18. The minimum Gasteiger partial charge on any atom is -0.464 e. The first kappa shape index (κ1) is 24.5. The molecule has 0 unspecified atom stereocenters. The summed E-state index contributed by atoms with van der Waals surface area (Å²) in [5.41, 5.74) is 9.41. The molecule has 0 bridgehead atoms. The van der Waals surface area contributed by atoms with Gasteiger partial charge in [0.05, 0.1) is 34.9 Å². The topological polar surface area (TPSA) is 70.1 Å². The van der Waals surface area contributed by atoms with Crippen LogP contribution in [-0.2, 0) is 0 Å². The third-order valence-corrected chi connectivity index (χ3v) is 8.10. The van der Waals surface area contributed by atoms with Crippen LogP contribution in [0.15, 0.2) is 153 Å². The highest BCUT2D eigenvalue weighted by atomic mass is 16.3. The van der Waals surface area contributed by atoms with E-state index in [4.69, 9.17) is 18.2 Å². The predicted octanol–water partition coefficient (Wildman–Crippen LogP) is 10.2. The van der Waals surface area contributed by atoms with Crippen LogP contribution < -0.4 is 0 Å². The van der Waals surface area contributed by atoms with Crippen molar-refractivity contribution >= 4 is 32.9 Å². The molecule has 5 heterocycles. The maximum atomic E-state index is 6.19. The van der Waals surface area contributed by atoms with Crippen molar-refractivity contribution in [2.45, 2.75) is 0 Å². The Labute approximate surface area is 251 Å². The predicted molar refractivity (Wildman–Crippen MR) is 172 cm³/mol. The van der Waals surface area contributed by atoms with Crippen molar-refractivity contribution in [3.05, 3.63) is 140 Å². The van der Waals surface area contributed by atoms with Gasteiger partial charge in [0, 0.05) is 39.2 Å². The van der Waals surface area contributed by atoms with Gasteiger partial charge in [0.1, 0.15) is 17.0 Å². The average molecular weight is 570 g/mol. The van der Waals surface area contributed by atoms with E-state index in [0.29, 0.717) is 5.89 Å². The lowest BCUT2D eigenvalue weighted by molar-refractivity contribution is 0.582. The zero-order valence-corrected chi connectivity index (χ0v) is 23.3. The second kappa shape index (κ2) is 9.71. The van der Waals surface area contributed by atoms with Gasteiger partial charge in [0.15, 0.2) is 5.58 Å². The first-order chi connectivity index (χ1) is 21.8. The summed E-state index contributed by atoms with van der Waals surface area (Å²) < 4.78 is 20.2. The third kappa shape index (κ3) is 3.89. The number of aromatic nitrogens is 3. The molecule has 5 aromatic heterocycles. The SMILES string of the molecule is c1ccc(-c2ccc(-c3ccco3)c(-n3c4ccc(-c5ccco5)cc4c4ccc(-c5nc6ccccc6o5)cc43)c2)nc1. The highest BCUT2D eigenvalue weighted by Gasteiger charge is 2.20. The molecule has 44 heavy (non-hydrogen) atoms. The highest BCUT2D eigenvalue weighted by molar-refractivity contribution is 6.11. The van der Waals surface area contributed by atoms with Crippen LogP contribution in [0.5, 0.6) is 0 Å². The summed E-state index contributed by atoms with van der Waals surface area (Å²) in [6, 6.07) is 40.8. The minimum absolute atomic E-state index is 0.578. The van der Waals surface area contributed by atoms with E-state index < -0.39 is 0 Å². The van der Waals surface area contributed by atoms with Gasteiger partial charge in [0.2, 0.25) is 5.89 Å². The van der Waals surface area contributed by atoms with Gasteiger partial charge in [-0.2, -0.15) is 0 Å². The van der Waals surface area contributed by atoms with E-state index in [-0.39, 0.29) is 0 Å². The van der Waals surface area contributed by atoms with E-state index in [0.717, 1.165) is 78.1 Å². The fraction of sp³-hybridized carbons (Fsp3) is 0. The molecule has 0 aliphatic carbocycles. The molecule has 0 aliphatic heterocycles. The van der Waals surface area contributed by atoms with Gasteiger partial charge in [-0.3, -0.25) is 4.98 Å². The summed E-state index contributed by atoms with van der Waals surface area (Å²) >= 11 is 0. The van der Waals surface area contributed by atoms with Crippen LogP contribution in [0.1, 0.15) is 0 Å². The second-order valence-corrected chi connectivity index (χ2v) is 10.7. The highest BCUT2D eigenvalue weighted by Crippen LogP contribution is 2.41. The van der Waals surface area contributed by atoms with E-state index in [1.165, 1.54) is 0 Å². The van der Waals surface area contributed by atoms with E-state index in [9.17, 15) is 0 Å². The summed E-state index contributed by atoms with van der Waals surface area (Å²) in [6.07, 6.45) is 5.23. The zero-order chi connectivity index (χ0) is 29.0. The Hall–Kier alpha value is -6.14. The zero-order valence-electron chi connectivity index (χ0n) is 23.3. The van der Waals surface area contributed by atoms with Crippen molar-refractivity contribution in [2.24, 2.45) is 0 Å². The summed E-state index contributed by atoms with van der Waals surface area (Å²) in [6.45, 7) is 0. The molecule has 0 saturated carbocycles. The Bertz CT molecular complexity index is 2400. The van der Waals surface area contributed by atoms with Gasteiger partial charge in [0.25, 0.3) is 0 Å².